The van der Waals surface area contributed by atoms with Crippen LogP contribution in [-0.2, 0) is 15.1 Å². The Kier molecular flexibility index (Phi) is 3.76. The summed E-state index contributed by atoms with van der Waals surface area (Å²) in [5.41, 5.74) is 1.67. The molecule has 1 aliphatic heterocycles. The normalized spacial score (nSPS) is 28.2. The monoisotopic (exact) mass is 424 g/mol. The van der Waals surface area contributed by atoms with Crippen molar-refractivity contribution >= 4 is 11.8 Å². The van der Waals surface area contributed by atoms with Crippen LogP contribution < -0.4 is 0 Å². The van der Waals surface area contributed by atoms with Crippen molar-refractivity contribution in [2.45, 2.75) is 24.4 Å². The molecule has 3 aliphatic carbocycles. The molecule has 1 heterocycles. The van der Waals surface area contributed by atoms with Gasteiger partial charge in [-0.1, -0.05) is 78.9 Å². The number of carbonyl (C=O) groups excluding carboxylic acids is 2. The van der Waals surface area contributed by atoms with Gasteiger partial charge in [-0.05, 0) is 23.6 Å². The zero-order valence-electron chi connectivity index (χ0n) is 17.3. The van der Waals surface area contributed by atoms with Gasteiger partial charge in [0.2, 0.25) is 11.8 Å². The second kappa shape index (κ2) is 6.36. The molecule has 158 valence electrons. The third kappa shape index (κ3) is 2.04. The molecule has 4 aliphatic rings. The van der Waals surface area contributed by atoms with E-state index in [1.165, 1.54) is 4.90 Å². The Bertz CT molecular complexity index is 1250. The fourth-order valence-electron chi connectivity index (χ4n) is 6.33. The van der Waals surface area contributed by atoms with Gasteiger partial charge in [0.05, 0.1) is 12.0 Å². The molecule has 0 radical (unpaired) electrons. The minimum absolute atomic E-state index is 0.323. The van der Waals surface area contributed by atoms with Crippen molar-refractivity contribution in [1.82, 2.24) is 4.90 Å². The zero-order chi connectivity index (χ0) is 22.2. The number of likely N-dealkylation sites (tertiary alicyclic amines) is 1. The van der Waals surface area contributed by atoms with Crippen molar-refractivity contribution in [2.24, 2.45) is 11.8 Å². The SMILES string of the molecule is C[C@H](c1ccccc1)N1C(=O)[C@H]2C3c4ccccc4C([N+](=O)[O-])(c4ccccc43)[C@H]2C1=O. The Morgan fingerprint density at radius 1 is 0.844 bits per heavy atom. The van der Waals surface area contributed by atoms with Crippen LogP contribution in [0.5, 0.6) is 0 Å². The highest BCUT2D eigenvalue weighted by Crippen LogP contribution is 2.64. The van der Waals surface area contributed by atoms with Gasteiger partial charge in [-0.25, -0.2) is 0 Å². The summed E-state index contributed by atoms with van der Waals surface area (Å²) in [5, 5.41) is 12.9. The molecule has 0 aromatic heterocycles. The van der Waals surface area contributed by atoms with E-state index in [2.05, 4.69) is 0 Å². The summed E-state index contributed by atoms with van der Waals surface area (Å²) >= 11 is 0. The highest BCUT2D eigenvalue weighted by atomic mass is 16.6. The molecule has 2 amide bonds. The molecular formula is C26H20N2O4. The first-order chi connectivity index (χ1) is 15.5. The third-order valence-electron chi connectivity index (χ3n) is 7.56. The Balaban J connectivity index is 1.62. The average molecular weight is 424 g/mol. The second-order valence-corrected chi connectivity index (χ2v) is 8.81. The van der Waals surface area contributed by atoms with Crippen molar-refractivity contribution in [1.29, 1.82) is 0 Å². The fourth-order valence-corrected chi connectivity index (χ4v) is 6.33. The number of nitro groups is 1. The number of hydrogen-bond donors (Lipinski definition) is 0. The first kappa shape index (κ1) is 18.9. The van der Waals surface area contributed by atoms with Gasteiger partial charge in [0.1, 0.15) is 5.92 Å². The Hall–Kier alpha value is -3.80. The zero-order valence-corrected chi connectivity index (χ0v) is 17.3. The molecule has 1 fully saturated rings. The largest absolute Gasteiger partial charge is 0.284 e. The average Bonchev–Trinajstić information content (AvgIpc) is 3.09. The summed E-state index contributed by atoms with van der Waals surface area (Å²) in [7, 11) is 0. The minimum Gasteiger partial charge on any atom is -0.274 e. The van der Waals surface area contributed by atoms with Gasteiger partial charge < -0.3 is 0 Å². The summed E-state index contributed by atoms with van der Waals surface area (Å²) in [5.74, 6) is -3.01. The second-order valence-electron chi connectivity index (χ2n) is 8.81. The van der Waals surface area contributed by atoms with Gasteiger partial charge in [0.15, 0.2) is 0 Å². The summed E-state index contributed by atoms with van der Waals surface area (Å²) in [4.78, 5) is 41.6. The van der Waals surface area contributed by atoms with Crippen LogP contribution in [0.1, 0.15) is 46.7 Å². The van der Waals surface area contributed by atoms with Crippen molar-refractivity contribution in [3.05, 3.63) is 117 Å². The predicted octanol–water partition coefficient (Wildman–Crippen LogP) is 4.03. The van der Waals surface area contributed by atoms with E-state index in [9.17, 15) is 19.7 Å². The molecule has 3 atom stereocenters. The summed E-state index contributed by atoms with van der Waals surface area (Å²) in [6.07, 6.45) is 0. The molecule has 3 aromatic carbocycles. The number of imide groups is 1. The molecule has 7 rings (SSSR count). The van der Waals surface area contributed by atoms with Crippen molar-refractivity contribution < 1.29 is 14.5 Å². The fraction of sp³-hybridized carbons (Fsp3) is 0.231. The van der Waals surface area contributed by atoms with Crippen LogP contribution in [0, 0.1) is 22.0 Å². The number of rotatable bonds is 3. The molecule has 6 nitrogen and oxygen atoms in total. The van der Waals surface area contributed by atoms with Gasteiger partial charge in [0, 0.05) is 22.0 Å². The molecule has 3 aromatic rings. The van der Waals surface area contributed by atoms with Gasteiger partial charge in [-0.2, -0.15) is 0 Å². The van der Waals surface area contributed by atoms with Crippen molar-refractivity contribution in [3.63, 3.8) is 0 Å². The maximum atomic E-state index is 13.9. The van der Waals surface area contributed by atoms with E-state index >= 15 is 0 Å². The van der Waals surface area contributed by atoms with Crippen LogP contribution in [0.15, 0.2) is 78.9 Å². The van der Waals surface area contributed by atoms with Crippen LogP contribution in [0.4, 0.5) is 0 Å². The Morgan fingerprint density at radius 3 is 1.94 bits per heavy atom. The molecule has 6 heteroatoms. The first-order valence-corrected chi connectivity index (χ1v) is 10.7. The number of hydrogen-bond acceptors (Lipinski definition) is 4. The third-order valence-corrected chi connectivity index (χ3v) is 7.56. The Labute approximate surface area is 184 Å². The van der Waals surface area contributed by atoms with Gasteiger partial charge in [-0.3, -0.25) is 24.6 Å². The van der Waals surface area contributed by atoms with Crippen LogP contribution >= 0.6 is 0 Å². The summed E-state index contributed by atoms with van der Waals surface area (Å²) < 4.78 is 0. The molecule has 0 unspecified atom stereocenters. The maximum absolute atomic E-state index is 13.9. The number of amides is 2. The van der Waals surface area contributed by atoms with Crippen LogP contribution in [0.3, 0.4) is 0 Å². The smallest absolute Gasteiger partial charge is 0.274 e. The highest BCUT2D eigenvalue weighted by molar-refractivity contribution is 6.08. The lowest BCUT2D eigenvalue weighted by Crippen LogP contribution is -2.57. The standard InChI is InChI=1S/C26H20N2O4/c1-15(16-9-3-2-4-10-16)27-24(29)22-21-17-11-5-7-13-19(17)26(28(31)32,23(22)25(27)30)20-14-8-6-12-18(20)21/h2-15,21-23H,1H3/t15-,21?,22+,23-,26?/m1/s1. The lowest BCUT2D eigenvalue weighted by Gasteiger charge is -2.48. The van der Waals surface area contributed by atoms with Crippen molar-refractivity contribution in [3.8, 4) is 0 Å². The predicted molar refractivity (Wildman–Crippen MR) is 116 cm³/mol. The molecule has 0 N–H and O–H groups in total. The molecular weight excluding hydrogens is 404 g/mol. The molecule has 0 saturated carbocycles. The van der Waals surface area contributed by atoms with Gasteiger partial charge in [0.25, 0.3) is 5.54 Å². The number of nitrogens with zero attached hydrogens (tertiary/aromatic N) is 2. The number of carbonyl (C=O) groups is 2. The van der Waals surface area contributed by atoms with E-state index in [4.69, 9.17) is 0 Å². The van der Waals surface area contributed by atoms with Gasteiger partial charge >= 0.3 is 0 Å². The van der Waals surface area contributed by atoms with E-state index in [0.717, 1.165) is 16.7 Å². The topological polar surface area (TPSA) is 80.5 Å². The van der Waals surface area contributed by atoms with Crippen LogP contribution in [0.2, 0.25) is 0 Å². The lowest BCUT2D eigenvalue weighted by molar-refractivity contribution is -0.578. The molecule has 32 heavy (non-hydrogen) atoms. The highest BCUT2D eigenvalue weighted by Gasteiger charge is 2.75. The van der Waals surface area contributed by atoms with Crippen LogP contribution in [-0.4, -0.2) is 21.6 Å². The van der Waals surface area contributed by atoms with E-state index in [0.29, 0.717) is 11.1 Å². The van der Waals surface area contributed by atoms with Gasteiger partial charge in [-0.15, -0.1) is 0 Å². The first-order valence-electron chi connectivity index (χ1n) is 10.7. The summed E-state index contributed by atoms with van der Waals surface area (Å²) in [6.45, 7) is 1.81. The summed E-state index contributed by atoms with van der Waals surface area (Å²) in [6, 6.07) is 23.3. The minimum atomic E-state index is -1.77. The maximum Gasteiger partial charge on any atom is 0.284 e. The van der Waals surface area contributed by atoms with Crippen LogP contribution in [0.25, 0.3) is 0 Å². The Morgan fingerprint density at radius 2 is 1.38 bits per heavy atom. The van der Waals surface area contributed by atoms with Crippen molar-refractivity contribution in [2.75, 3.05) is 0 Å². The number of benzene rings is 3. The van der Waals surface area contributed by atoms with E-state index in [-0.39, 0.29) is 16.7 Å². The molecule has 2 bridgehead atoms. The molecule has 0 spiro atoms. The lowest BCUT2D eigenvalue weighted by atomic mass is 9.51. The molecule has 1 saturated heterocycles. The van der Waals surface area contributed by atoms with E-state index < -0.39 is 29.3 Å². The van der Waals surface area contributed by atoms with E-state index in [1.807, 2.05) is 61.5 Å². The quantitative estimate of drug-likeness (QED) is 0.361. The van der Waals surface area contributed by atoms with E-state index in [1.54, 1.807) is 24.3 Å².